The van der Waals surface area contributed by atoms with Gasteiger partial charge in [-0.1, -0.05) is 18.2 Å². The van der Waals surface area contributed by atoms with Gasteiger partial charge in [0.15, 0.2) is 0 Å². The number of nitrogens with one attached hydrogen (secondary N) is 2. The molecule has 1 unspecified atom stereocenters. The predicted molar refractivity (Wildman–Crippen MR) is 86.8 cm³/mol. The summed E-state index contributed by atoms with van der Waals surface area (Å²) in [6.07, 6.45) is 2.98. The zero-order valence-electron chi connectivity index (χ0n) is 11.2. The van der Waals surface area contributed by atoms with Crippen molar-refractivity contribution in [1.82, 2.24) is 10.6 Å². The molecule has 1 atom stereocenters. The molecular weight excluding hydrogens is 292 g/mol. The predicted octanol–water partition coefficient (Wildman–Crippen LogP) is 2.73. The lowest BCUT2D eigenvalue weighted by atomic mass is 10.1. The molecule has 2 aromatic rings. The fraction of sp³-hybridized carbons (Fsp3) is 0.400. The molecule has 2 N–H and O–H groups in total. The van der Waals surface area contributed by atoms with E-state index in [1.165, 1.54) is 15.6 Å². The van der Waals surface area contributed by atoms with E-state index < -0.39 is 0 Å². The largest absolute Gasteiger partial charge is 0.354 e. The highest BCUT2D eigenvalue weighted by molar-refractivity contribution is 7.17. The summed E-state index contributed by atoms with van der Waals surface area (Å²) in [5, 5.41) is 9.77. The molecule has 0 spiro atoms. The monoisotopic (exact) mass is 310 g/mol. The average Bonchev–Trinajstić information content (AvgIpc) is 3.08. The lowest BCUT2D eigenvalue weighted by Crippen LogP contribution is -2.41. The van der Waals surface area contributed by atoms with Crippen molar-refractivity contribution in [2.45, 2.75) is 25.3 Å². The van der Waals surface area contributed by atoms with Gasteiger partial charge in [0.25, 0.3) is 0 Å². The smallest absolute Gasteiger partial charge is 0.237 e. The number of carbonyl (C=O) groups excluding carboxylic acids is 1. The molecule has 1 aromatic carbocycles. The van der Waals surface area contributed by atoms with Crippen LogP contribution in [0.3, 0.4) is 0 Å². The summed E-state index contributed by atoms with van der Waals surface area (Å²) in [5.74, 6) is 0.150. The molecule has 1 aliphatic rings. The maximum Gasteiger partial charge on any atom is 0.237 e. The van der Waals surface area contributed by atoms with Crippen LogP contribution in [0.4, 0.5) is 0 Å². The Kier molecular flexibility index (Phi) is 5.40. The molecule has 0 bridgehead atoms. The van der Waals surface area contributed by atoms with Crippen molar-refractivity contribution in [3.8, 4) is 0 Å². The van der Waals surface area contributed by atoms with Gasteiger partial charge in [-0.25, -0.2) is 0 Å². The Hall–Kier alpha value is -1.10. The topological polar surface area (TPSA) is 41.1 Å². The highest BCUT2D eigenvalue weighted by Crippen LogP contribution is 2.25. The molecule has 5 heteroatoms. The standard InChI is InChI=1S/C15H18N2OS.ClH/c18-15(13-5-3-8-16-13)17-9-7-11-10-19-14-6-2-1-4-12(11)14;/h1-2,4,6,10,13,16H,3,5,7-9H2,(H,17,18);1H. The molecule has 3 rings (SSSR count). The lowest BCUT2D eigenvalue weighted by molar-refractivity contribution is -0.122. The molecular formula is C15H19ClN2OS. The number of thiophene rings is 1. The first-order chi connectivity index (χ1) is 9.34. The number of carbonyl (C=O) groups is 1. The van der Waals surface area contributed by atoms with Crippen molar-refractivity contribution in [2.24, 2.45) is 0 Å². The number of fused-ring (bicyclic) bond motifs is 1. The van der Waals surface area contributed by atoms with Crippen molar-refractivity contribution in [1.29, 1.82) is 0 Å². The highest BCUT2D eigenvalue weighted by atomic mass is 35.5. The zero-order chi connectivity index (χ0) is 13.1. The highest BCUT2D eigenvalue weighted by Gasteiger charge is 2.21. The Labute approximate surface area is 129 Å². The first kappa shape index (κ1) is 15.3. The second kappa shape index (κ2) is 7.07. The normalized spacial score (nSPS) is 17.9. The number of amides is 1. The summed E-state index contributed by atoms with van der Waals surface area (Å²) in [6.45, 7) is 1.69. The van der Waals surface area contributed by atoms with Gasteiger partial charge in [-0.15, -0.1) is 23.7 Å². The third-order valence-corrected chi connectivity index (χ3v) is 4.64. The fourth-order valence-electron chi connectivity index (χ4n) is 2.58. The van der Waals surface area contributed by atoms with E-state index in [4.69, 9.17) is 0 Å². The van der Waals surface area contributed by atoms with Gasteiger partial charge >= 0.3 is 0 Å². The molecule has 1 saturated heterocycles. The third kappa shape index (κ3) is 3.32. The molecule has 3 nitrogen and oxygen atoms in total. The van der Waals surface area contributed by atoms with Crippen molar-refractivity contribution < 1.29 is 4.79 Å². The van der Waals surface area contributed by atoms with E-state index in [1.807, 2.05) is 0 Å². The molecule has 1 fully saturated rings. The van der Waals surface area contributed by atoms with E-state index in [2.05, 4.69) is 40.3 Å². The minimum atomic E-state index is 0. The molecule has 1 amide bonds. The van der Waals surface area contributed by atoms with Crippen LogP contribution in [-0.2, 0) is 11.2 Å². The van der Waals surface area contributed by atoms with Crippen LogP contribution in [0.1, 0.15) is 18.4 Å². The fourth-order valence-corrected chi connectivity index (χ4v) is 3.58. The van der Waals surface area contributed by atoms with E-state index in [1.54, 1.807) is 11.3 Å². The minimum absolute atomic E-state index is 0. The van der Waals surface area contributed by atoms with Crippen LogP contribution in [-0.4, -0.2) is 25.0 Å². The van der Waals surface area contributed by atoms with Gasteiger partial charge in [0.1, 0.15) is 0 Å². The van der Waals surface area contributed by atoms with Crippen LogP contribution in [0.5, 0.6) is 0 Å². The number of benzene rings is 1. The van der Waals surface area contributed by atoms with Gasteiger partial charge in [0.05, 0.1) is 6.04 Å². The van der Waals surface area contributed by atoms with E-state index in [0.717, 1.165) is 32.4 Å². The summed E-state index contributed by atoms with van der Waals surface area (Å²) in [5.41, 5.74) is 1.33. The van der Waals surface area contributed by atoms with Gasteiger partial charge in [-0.05, 0) is 48.2 Å². The quantitative estimate of drug-likeness (QED) is 0.911. The number of hydrogen-bond donors (Lipinski definition) is 2. The Bertz CT molecular complexity index is 578. The Morgan fingerprint density at radius 2 is 2.25 bits per heavy atom. The van der Waals surface area contributed by atoms with Crippen LogP contribution >= 0.6 is 23.7 Å². The molecule has 20 heavy (non-hydrogen) atoms. The number of halogens is 1. The molecule has 108 valence electrons. The summed E-state index contributed by atoms with van der Waals surface area (Å²) >= 11 is 1.77. The maximum absolute atomic E-state index is 11.9. The van der Waals surface area contributed by atoms with E-state index >= 15 is 0 Å². The van der Waals surface area contributed by atoms with E-state index in [-0.39, 0.29) is 24.4 Å². The first-order valence-corrected chi connectivity index (χ1v) is 7.69. The molecule has 2 heterocycles. The minimum Gasteiger partial charge on any atom is -0.354 e. The third-order valence-electron chi connectivity index (χ3n) is 3.63. The summed E-state index contributed by atoms with van der Waals surface area (Å²) in [4.78, 5) is 11.9. The number of hydrogen-bond acceptors (Lipinski definition) is 3. The summed E-state index contributed by atoms with van der Waals surface area (Å²) in [6, 6.07) is 8.46. The van der Waals surface area contributed by atoms with Crippen LogP contribution in [0.25, 0.3) is 10.1 Å². The van der Waals surface area contributed by atoms with E-state index in [0.29, 0.717) is 0 Å². The van der Waals surface area contributed by atoms with Crippen LogP contribution in [0.15, 0.2) is 29.6 Å². The zero-order valence-corrected chi connectivity index (χ0v) is 12.9. The Morgan fingerprint density at radius 3 is 3.05 bits per heavy atom. The lowest BCUT2D eigenvalue weighted by Gasteiger charge is -2.10. The first-order valence-electron chi connectivity index (χ1n) is 6.81. The Morgan fingerprint density at radius 1 is 1.40 bits per heavy atom. The molecule has 1 aromatic heterocycles. The second-order valence-corrected chi connectivity index (χ2v) is 5.86. The van der Waals surface area contributed by atoms with Gasteiger partial charge in [0.2, 0.25) is 5.91 Å². The van der Waals surface area contributed by atoms with Crippen molar-refractivity contribution in [3.05, 3.63) is 35.2 Å². The Balaban J connectivity index is 0.00000147. The summed E-state index contributed by atoms with van der Waals surface area (Å²) in [7, 11) is 0. The van der Waals surface area contributed by atoms with Gasteiger partial charge in [-0.2, -0.15) is 0 Å². The van der Waals surface area contributed by atoms with Crippen LogP contribution < -0.4 is 10.6 Å². The molecule has 0 radical (unpaired) electrons. The maximum atomic E-state index is 11.9. The van der Waals surface area contributed by atoms with Crippen LogP contribution in [0.2, 0.25) is 0 Å². The molecule has 1 aliphatic heterocycles. The molecule has 0 aliphatic carbocycles. The summed E-state index contributed by atoms with van der Waals surface area (Å²) < 4.78 is 1.32. The van der Waals surface area contributed by atoms with E-state index in [9.17, 15) is 4.79 Å². The van der Waals surface area contributed by atoms with Crippen LogP contribution in [0, 0.1) is 0 Å². The average molecular weight is 311 g/mol. The van der Waals surface area contributed by atoms with Gasteiger partial charge < -0.3 is 10.6 Å². The van der Waals surface area contributed by atoms with Crippen molar-refractivity contribution >= 4 is 39.7 Å². The second-order valence-electron chi connectivity index (χ2n) is 4.95. The van der Waals surface area contributed by atoms with Crippen molar-refractivity contribution in [3.63, 3.8) is 0 Å². The number of rotatable bonds is 4. The van der Waals surface area contributed by atoms with Crippen molar-refractivity contribution in [2.75, 3.05) is 13.1 Å². The molecule has 0 saturated carbocycles. The van der Waals surface area contributed by atoms with Gasteiger partial charge in [-0.3, -0.25) is 4.79 Å². The SMILES string of the molecule is Cl.O=C(NCCc1csc2ccccc12)C1CCCN1. The van der Waals surface area contributed by atoms with Gasteiger partial charge in [0, 0.05) is 11.2 Å².